The van der Waals surface area contributed by atoms with Gasteiger partial charge in [-0.05, 0) is 12.8 Å². The Morgan fingerprint density at radius 3 is 2.52 bits per heavy atom. The minimum absolute atomic E-state index is 0.0545. The number of piperidine rings is 1. The summed E-state index contributed by atoms with van der Waals surface area (Å²) < 4.78 is 44.5. The average Bonchev–Trinajstić information content (AvgIpc) is 3.02. The topological polar surface area (TPSA) is 142 Å². The summed E-state index contributed by atoms with van der Waals surface area (Å²) in [6, 6.07) is 0.615. The molecule has 1 aliphatic rings. The molecule has 1 amide bonds. The van der Waals surface area contributed by atoms with Crippen LogP contribution < -0.4 is 15.4 Å². The molecule has 0 saturated carbocycles. The molecular formula is C15H16F3N7O4. The molecule has 14 heteroatoms. The molecule has 0 aromatic carbocycles. The second kappa shape index (κ2) is 7.52. The second-order valence-corrected chi connectivity index (χ2v) is 6.36. The van der Waals surface area contributed by atoms with Crippen LogP contribution in [0.4, 0.5) is 24.7 Å². The normalized spacial score (nSPS) is 15.4. The van der Waals surface area contributed by atoms with Crippen molar-refractivity contribution >= 4 is 17.4 Å². The van der Waals surface area contributed by atoms with Crippen molar-refractivity contribution in [2.24, 2.45) is 18.7 Å². The summed E-state index contributed by atoms with van der Waals surface area (Å²) in [5.74, 6) is -1.73. The Hall–Kier alpha value is -3.45. The second-order valence-electron chi connectivity index (χ2n) is 6.36. The molecule has 0 bridgehead atoms. The molecule has 0 unspecified atom stereocenters. The van der Waals surface area contributed by atoms with Crippen molar-refractivity contribution in [2.75, 3.05) is 18.0 Å². The highest BCUT2D eigenvalue weighted by atomic mass is 19.4. The Kier molecular flexibility index (Phi) is 5.26. The fourth-order valence-corrected chi connectivity index (χ4v) is 2.98. The van der Waals surface area contributed by atoms with Crippen LogP contribution in [0.3, 0.4) is 0 Å². The lowest BCUT2D eigenvalue weighted by molar-refractivity contribution is -0.385. The van der Waals surface area contributed by atoms with E-state index in [1.165, 1.54) is 7.05 Å². The summed E-state index contributed by atoms with van der Waals surface area (Å²) in [5, 5.41) is 14.9. The van der Waals surface area contributed by atoms with E-state index in [1.54, 1.807) is 4.90 Å². The van der Waals surface area contributed by atoms with E-state index in [-0.39, 0.29) is 30.7 Å². The molecule has 3 rings (SSSR count). The van der Waals surface area contributed by atoms with Gasteiger partial charge in [0.1, 0.15) is 6.33 Å². The maximum atomic E-state index is 12.8. The number of rotatable bonds is 5. The van der Waals surface area contributed by atoms with Gasteiger partial charge in [0.05, 0.1) is 4.92 Å². The van der Waals surface area contributed by atoms with Gasteiger partial charge in [0.2, 0.25) is 17.6 Å². The molecule has 1 fully saturated rings. The number of hydrogen-bond donors (Lipinski definition) is 1. The Balaban J connectivity index is 1.91. The fraction of sp³-hybridized carbons (Fsp3) is 0.467. The maximum Gasteiger partial charge on any atom is 0.435 e. The smallest absolute Gasteiger partial charge is 0.415 e. The van der Waals surface area contributed by atoms with Crippen LogP contribution in [0.2, 0.25) is 0 Å². The third-order valence-electron chi connectivity index (χ3n) is 4.48. The lowest BCUT2D eigenvalue weighted by atomic mass is 9.96. The average molecular weight is 415 g/mol. The first-order chi connectivity index (χ1) is 13.6. The zero-order valence-electron chi connectivity index (χ0n) is 15.1. The van der Waals surface area contributed by atoms with Gasteiger partial charge in [-0.15, -0.1) is 0 Å². The Labute approximate surface area is 161 Å². The molecule has 2 N–H and O–H groups in total. The fourth-order valence-electron chi connectivity index (χ4n) is 2.98. The first-order valence-electron chi connectivity index (χ1n) is 8.40. The number of primary amides is 1. The van der Waals surface area contributed by atoms with Crippen molar-refractivity contribution in [2.45, 2.75) is 19.0 Å². The highest BCUT2D eigenvalue weighted by Gasteiger charge is 2.36. The number of alkyl halides is 3. The van der Waals surface area contributed by atoms with Crippen LogP contribution in [-0.2, 0) is 18.0 Å². The molecule has 1 saturated heterocycles. The Morgan fingerprint density at radius 2 is 2.00 bits per heavy atom. The van der Waals surface area contributed by atoms with Gasteiger partial charge in [-0.1, -0.05) is 0 Å². The van der Waals surface area contributed by atoms with Gasteiger partial charge in [0.25, 0.3) is 0 Å². The van der Waals surface area contributed by atoms with E-state index in [1.807, 2.05) is 0 Å². The Morgan fingerprint density at radius 1 is 1.34 bits per heavy atom. The number of aryl methyl sites for hydroxylation is 1. The molecular weight excluding hydrogens is 399 g/mol. The van der Waals surface area contributed by atoms with Gasteiger partial charge in [0, 0.05) is 32.1 Å². The van der Waals surface area contributed by atoms with E-state index in [2.05, 4.69) is 15.1 Å². The van der Waals surface area contributed by atoms with Crippen molar-refractivity contribution in [3.05, 3.63) is 28.2 Å². The predicted molar refractivity (Wildman–Crippen MR) is 91.1 cm³/mol. The van der Waals surface area contributed by atoms with E-state index in [0.717, 1.165) is 11.0 Å². The minimum Gasteiger partial charge on any atom is -0.415 e. The highest BCUT2D eigenvalue weighted by molar-refractivity contribution is 5.77. The third kappa shape index (κ3) is 4.20. The molecule has 0 atom stereocenters. The molecule has 3 heterocycles. The summed E-state index contributed by atoms with van der Waals surface area (Å²) in [7, 11) is 1.20. The van der Waals surface area contributed by atoms with E-state index >= 15 is 0 Å². The number of nitrogens with zero attached hydrogens (tertiary/aromatic N) is 6. The summed E-state index contributed by atoms with van der Waals surface area (Å²) in [4.78, 5) is 31.4. The predicted octanol–water partition coefficient (Wildman–Crippen LogP) is 1.63. The molecule has 29 heavy (non-hydrogen) atoms. The first kappa shape index (κ1) is 20.3. The number of nitro groups is 1. The van der Waals surface area contributed by atoms with Crippen LogP contribution in [0, 0.1) is 16.0 Å². The minimum atomic E-state index is -4.70. The molecule has 156 valence electrons. The number of anilines is 1. The molecule has 2 aromatic rings. The SMILES string of the molecule is Cn1nc(C(F)(F)F)cc1Oc1ncnc(N2CCC(C(N)=O)CC2)c1[N+](=O)[O-]. The molecule has 11 nitrogen and oxygen atoms in total. The first-order valence-corrected chi connectivity index (χ1v) is 8.40. The van der Waals surface area contributed by atoms with Gasteiger partial charge in [0.15, 0.2) is 5.69 Å². The van der Waals surface area contributed by atoms with Crippen LogP contribution >= 0.6 is 0 Å². The number of carbonyl (C=O) groups is 1. The van der Waals surface area contributed by atoms with E-state index in [0.29, 0.717) is 18.9 Å². The van der Waals surface area contributed by atoms with Crippen LogP contribution in [0.5, 0.6) is 11.8 Å². The van der Waals surface area contributed by atoms with Gasteiger partial charge in [-0.3, -0.25) is 14.9 Å². The summed E-state index contributed by atoms with van der Waals surface area (Å²) in [6.45, 7) is 0.573. The van der Waals surface area contributed by atoms with Crippen molar-refractivity contribution < 1.29 is 27.6 Å². The molecule has 0 aliphatic carbocycles. The number of nitrogens with two attached hydrogens (primary N) is 1. The summed E-state index contributed by atoms with van der Waals surface area (Å²) in [6.07, 6.45) is -2.90. The largest absolute Gasteiger partial charge is 0.435 e. The zero-order valence-corrected chi connectivity index (χ0v) is 15.1. The molecule has 0 spiro atoms. The zero-order chi connectivity index (χ0) is 21.3. The lowest BCUT2D eigenvalue weighted by Crippen LogP contribution is -2.39. The standard InChI is InChI=1S/C15H16F3N7O4/c1-23-10(6-9(22-23)15(16,17)18)29-14-11(25(27)28)13(20-7-21-14)24-4-2-8(3-5-24)12(19)26/h6-8H,2-5H2,1H3,(H2,19,26). The highest BCUT2D eigenvalue weighted by Crippen LogP contribution is 2.38. The van der Waals surface area contributed by atoms with Gasteiger partial charge in [-0.25, -0.2) is 9.67 Å². The van der Waals surface area contributed by atoms with Crippen molar-refractivity contribution in [1.82, 2.24) is 19.7 Å². The van der Waals surface area contributed by atoms with E-state index < -0.39 is 34.3 Å². The lowest BCUT2D eigenvalue weighted by Gasteiger charge is -2.30. The van der Waals surface area contributed by atoms with Gasteiger partial charge >= 0.3 is 17.7 Å². The number of aromatic nitrogens is 4. The number of amides is 1. The van der Waals surface area contributed by atoms with Gasteiger partial charge in [-0.2, -0.15) is 23.3 Å². The summed E-state index contributed by atoms with van der Waals surface area (Å²) in [5.41, 5.74) is 3.48. The van der Waals surface area contributed by atoms with Crippen LogP contribution in [0.25, 0.3) is 0 Å². The van der Waals surface area contributed by atoms with E-state index in [4.69, 9.17) is 10.5 Å². The number of carbonyl (C=O) groups excluding carboxylic acids is 1. The van der Waals surface area contributed by atoms with Crippen molar-refractivity contribution in [1.29, 1.82) is 0 Å². The van der Waals surface area contributed by atoms with Crippen molar-refractivity contribution in [3.63, 3.8) is 0 Å². The molecule has 1 aliphatic heterocycles. The number of ether oxygens (including phenoxy) is 1. The quantitative estimate of drug-likeness (QED) is 0.573. The maximum absolute atomic E-state index is 12.8. The number of halogens is 3. The Bertz CT molecular complexity index is 938. The monoisotopic (exact) mass is 415 g/mol. The summed E-state index contributed by atoms with van der Waals surface area (Å²) >= 11 is 0. The third-order valence-corrected chi connectivity index (χ3v) is 4.48. The molecule has 2 aromatic heterocycles. The van der Waals surface area contributed by atoms with Crippen LogP contribution in [0.1, 0.15) is 18.5 Å². The van der Waals surface area contributed by atoms with Crippen LogP contribution in [-0.4, -0.2) is 43.7 Å². The van der Waals surface area contributed by atoms with Crippen LogP contribution in [0.15, 0.2) is 12.4 Å². The molecule has 0 radical (unpaired) electrons. The van der Waals surface area contributed by atoms with Crippen molar-refractivity contribution in [3.8, 4) is 11.8 Å². The number of hydrogen-bond acceptors (Lipinski definition) is 8. The van der Waals surface area contributed by atoms with Gasteiger partial charge < -0.3 is 15.4 Å². The van der Waals surface area contributed by atoms with E-state index in [9.17, 15) is 28.1 Å².